The number of nitrogens with zero attached hydrogens (tertiary/aromatic N) is 3. The molecule has 7 rings (SSSR count). The topological polar surface area (TPSA) is 107 Å². The Morgan fingerprint density at radius 1 is 0.826 bits per heavy atom. The van der Waals surface area contributed by atoms with Crippen molar-refractivity contribution in [2.45, 2.75) is 51.1 Å². The Hall–Kier alpha value is -3.86. The highest BCUT2D eigenvalue weighted by molar-refractivity contribution is 7.18. The second kappa shape index (κ2) is 12.7. The molecule has 5 heterocycles. The average molecular weight is 659 g/mol. The fraction of sp³-hybridized carbons (Fsp3) is 0.400. The first-order valence-electron chi connectivity index (χ1n) is 16.0. The first-order valence-corrected chi connectivity index (χ1v) is 17.2. The summed E-state index contributed by atoms with van der Waals surface area (Å²) in [5.41, 5.74) is 3.24. The minimum Gasteiger partial charge on any atom is -0.338 e. The molecule has 0 spiro atoms. The van der Waals surface area contributed by atoms with Crippen LogP contribution in [0.1, 0.15) is 74.5 Å². The van der Waals surface area contributed by atoms with Gasteiger partial charge in [-0.05, 0) is 98.0 Å². The maximum absolute atomic E-state index is 13.6. The smallest absolute Gasteiger partial charge is 0.263 e. The number of likely N-dealkylation sites (tertiary alicyclic amines) is 2. The van der Waals surface area contributed by atoms with E-state index in [9.17, 15) is 24.0 Å². The number of amides is 5. The SMILES string of the molecule is O=C1CCC(N2C(=O)c3cccc(-c4cccc(CN5CCC(C6CCN(C(=O)c7ccc(Cl)s7)CC6)CC5)c4)c3C2=O)C(=O)N1. The summed E-state index contributed by atoms with van der Waals surface area (Å²) >= 11 is 7.38. The summed E-state index contributed by atoms with van der Waals surface area (Å²) in [4.78, 5) is 70.1. The third-order valence-electron chi connectivity index (χ3n) is 10.0. The van der Waals surface area contributed by atoms with Crippen molar-refractivity contribution in [1.29, 1.82) is 0 Å². The lowest BCUT2D eigenvalue weighted by molar-refractivity contribution is -0.136. The highest BCUT2D eigenvalue weighted by Gasteiger charge is 2.45. The Morgan fingerprint density at radius 3 is 2.22 bits per heavy atom. The Bertz CT molecular complexity index is 1720. The summed E-state index contributed by atoms with van der Waals surface area (Å²) in [7, 11) is 0. The van der Waals surface area contributed by atoms with Crippen molar-refractivity contribution in [3.05, 3.63) is 80.5 Å². The highest BCUT2D eigenvalue weighted by atomic mass is 35.5. The van der Waals surface area contributed by atoms with Crippen molar-refractivity contribution in [3.8, 4) is 11.1 Å². The zero-order chi connectivity index (χ0) is 31.9. The number of rotatable bonds is 6. The Labute approximate surface area is 276 Å². The van der Waals surface area contributed by atoms with E-state index in [2.05, 4.69) is 22.3 Å². The van der Waals surface area contributed by atoms with Crippen LogP contribution in [-0.4, -0.2) is 76.5 Å². The van der Waals surface area contributed by atoms with E-state index >= 15 is 0 Å². The molecule has 1 N–H and O–H groups in total. The van der Waals surface area contributed by atoms with Crippen LogP contribution in [0.5, 0.6) is 0 Å². The molecule has 46 heavy (non-hydrogen) atoms. The molecule has 3 fully saturated rings. The van der Waals surface area contributed by atoms with Crippen molar-refractivity contribution in [3.63, 3.8) is 0 Å². The summed E-state index contributed by atoms with van der Waals surface area (Å²) in [6.07, 6.45) is 4.57. The van der Waals surface area contributed by atoms with Gasteiger partial charge in [0.05, 0.1) is 20.3 Å². The number of nitrogens with one attached hydrogen (secondary N) is 1. The third kappa shape index (κ3) is 5.89. The maximum atomic E-state index is 13.6. The van der Waals surface area contributed by atoms with Crippen LogP contribution < -0.4 is 5.32 Å². The minimum absolute atomic E-state index is 0.0856. The summed E-state index contributed by atoms with van der Waals surface area (Å²) in [6, 6.07) is 15.9. The molecular weight excluding hydrogens is 624 g/mol. The quantitative estimate of drug-likeness (QED) is 0.364. The molecule has 2 aromatic carbocycles. The van der Waals surface area contributed by atoms with Gasteiger partial charge < -0.3 is 4.90 Å². The molecule has 0 radical (unpaired) electrons. The van der Waals surface area contributed by atoms with E-state index < -0.39 is 29.7 Å². The van der Waals surface area contributed by atoms with Crippen LogP contribution in [0, 0.1) is 11.8 Å². The van der Waals surface area contributed by atoms with Crippen molar-refractivity contribution in [2.75, 3.05) is 26.2 Å². The molecule has 1 unspecified atom stereocenters. The van der Waals surface area contributed by atoms with Gasteiger partial charge in [-0.3, -0.25) is 39.1 Å². The predicted molar refractivity (Wildman–Crippen MR) is 175 cm³/mol. The standard InChI is InChI=1S/C35H35ClN4O5S/c36-29-9-8-28(46-29)34(44)39-17-13-23(14-18-39)22-11-15-38(16-12-22)20-21-3-1-4-24(19-21)25-5-2-6-26-31(25)35(45)40(33(26)43)27-7-10-30(41)37-32(27)42/h1-6,8-9,19,22-23,27H,7,10-18,20H2,(H,37,41,42). The zero-order valence-electron chi connectivity index (χ0n) is 25.4. The fourth-order valence-electron chi connectivity index (χ4n) is 7.59. The molecule has 0 saturated carbocycles. The lowest BCUT2D eigenvalue weighted by atomic mass is 9.78. The number of thiophene rings is 1. The highest BCUT2D eigenvalue weighted by Crippen LogP contribution is 2.37. The molecule has 4 aliphatic rings. The van der Waals surface area contributed by atoms with Gasteiger partial charge in [-0.15, -0.1) is 11.3 Å². The number of piperidine rings is 3. The summed E-state index contributed by atoms with van der Waals surface area (Å²) in [5, 5.41) is 2.25. The molecule has 1 atom stereocenters. The summed E-state index contributed by atoms with van der Waals surface area (Å²) in [6.45, 7) is 4.41. The maximum Gasteiger partial charge on any atom is 0.263 e. The van der Waals surface area contributed by atoms with E-state index in [1.165, 1.54) is 11.3 Å². The van der Waals surface area contributed by atoms with Gasteiger partial charge in [0.1, 0.15) is 6.04 Å². The first kappa shape index (κ1) is 30.8. The van der Waals surface area contributed by atoms with Gasteiger partial charge in [0, 0.05) is 26.1 Å². The lowest BCUT2D eigenvalue weighted by Crippen LogP contribution is -2.54. The molecule has 3 saturated heterocycles. The number of hydrogen-bond acceptors (Lipinski definition) is 7. The monoisotopic (exact) mass is 658 g/mol. The summed E-state index contributed by atoms with van der Waals surface area (Å²) < 4.78 is 0.644. The van der Waals surface area contributed by atoms with Gasteiger partial charge >= 0.3 is 0 Å². The molecule has 3 aromatic rings. The largest absolute Gasteiger partial charge is 0.338 e. The Kier molecular flexibility index (Phi) is 8.52. The summed E-state index contributed by atoms with van der Waals surface area (Å²) in [5.74, 6) is -0.604. The Balaban J connectivity index is 0.972. The van der Waals surface area contributed by atoms with Crippen LogP contribution in [0.15, 0.2) is 54.6 Å². The van der Waals surface area contributed by atoms with Gasteiger partial charge in [0.2, 0.25) is 11.8 Å². The number of fused-ring (bicyclic) bond motifs is 1. The second-order valence-corrected chi connectivity index (χ2v) is 14.4. The minimum atomic E-state index is -0.993. The van der Waals surface area contributed by atoms with E-state index in [0.717, 1.165) is 74.4 Å². The van der Waals surface area contributed by atoms with E-state index in [0.29, 0.717) is 32.2 Å². The number of halogens is 1. The van der Waals surface area contributed by atoms with Crippen LogP contribution in [0.2, 0.25) is 4.34 Å². The van der Waals surface area contributed by atoms with Crippen molar-refractivity contribution < 1.29 is 24.0 Å². The van der Waals surface area contributed by atoms with Crippen LogP contribution in [0.3, 0.4) is 0 Å². The van der Waals surface area contributed by atoms with E-state index in [-0.39, 0.29) is 24.3 Å². The zero-order valence-corrected chi connectivity index (χ0v) is 26.9. The van der Waals surface area contributed by atoms with E-state index in [4.69, 9.17) is 11.6 Å². The first-order chi connectivity index (χ1) is 22.3. The molecule has 0 aliphatic carbocycles. The molecule has 5 amide bonds. The van der Waals surface area contributed by atoms with E-state index in [1.807, 2.05) is 29.2 Å². The van der Waals surface area contributed by atoms with E-state index in [1.54, 1.807) is 18.2 Å². The molecule has 238 valence electrons. The number of hydrogen-bond donors (Lipinski definition) is 1. The normalized spacial score (nSPS) is 21.5. The van der Waals surface area contributed by atoms with Crippen molar-refractivity contribution in [1.82, 2.24) is 20.0 Å². The van der Waals surface area contributed by atoms with Crippen molar-refractivity contribution >= 4 is 52.5 Å². The predicted octanol–water partition coefficient (Wildman–Crippen LogP) is 5.23. The molecule has 0 bridgehead atoms. The molecule has 11 heteroatoms. The molecule has 1 aromatic heterocycles. The van der Waals surface area contributed by atoms with Crippen LogP contribution >= 0.6 is 22.9 Å². The molecule has 4 aliphatic heterocycles. The number of imide groups is 2. The van der Waals surface area contributed by atoms with Gasteiger partial charge in [-0.1, -0.05) is 41.9 Å². The number of carbonyl (C=O) groups is 5. The van der Waals surface area contributed by atoms with Crippen LogP contribution in [-0.2, 0) is 16.1 Å². The number of carbonyl (C=O) groups excluding carboxylic acids is 5. The second-order valence-electron chi connectivity index (χ2n) is 12.7. The molecule has 9 nitrogen and oxygen atoms in total. The fourth-order valence-corrected chi connectivity index (χ4v) is 8.60. The molecular formula is C35H35ClN4O5S. The number of benzene rings is 2. The van der Waals surface area contributed by atoms with Crippen molar-refractivity contribution in [2.24, 2.45) is 11.8 Å². The van der Waals surface area contributed by atoms with Crippen LogP contribution in [0.25, 0.3) is 11.1 Å². The lowest BCUT2D eigenvalue weighted by Gasteiger charge is -2.40. The third-order valence-corrected chi connectivity index (χ3v) is 11.2. The van der Waals surface area contributed by atoms with Gasteiger partial charge in [0.15, 0.2) is 0 Å². The average Bonchev–Trinajstić information content (AvgIpc) is 3.61. The van der Waals surface area contributed by atoms with Gasteiger partial charge in [0.25, 0.3) is 17.7 Å². The Morgan fingerprint density at radius 2 is 1.52 bits per heavy atom. The van der Waals surface area contributed by atoms with Gasteiger partial charge in [-0.2, -0.15) is 0 Å². The van der Waals surface area contributed by atoms with Crippen LogP contribution in [0.4, 0.5) is 0 Å². The van der Waals surface area contributed by atoms with Gasteiger partial charge in [-0.25, -0.2) is 0 Å².